The zero-order valence-electron chi connectivity index (χ0n) is 16.7. The summed E-state index contributed by atoms with van der Waals surface area (Å²) in [5, 5.41) is 5.88. The Morgan fingerprint density at radius 3 is 2.83 bits per heavy atom. The normalized spacial score (nSPS) is 30.1. The van der Waals surface area contributed by atoms with E-state index in [1.807, 2.05) is 12.1 Å². The molecular weight excluding hydrogens is 368 g/mol. The lowest BCUT2D eigenvalue weighted by Crippen LogP contribution is -2.52. The van der Waals surface area contributed by atoms with Gasteiger partial charge in [0.25, 0.3) is 5.91 Å². The molecule has 3 unspecified atom stereocenters. The van der Waals surface area contributed by atoms with Crippen molar-refractivity contribution in [1.29, 1.82) is 0 Å². The van der Waals surface area contributed by atoms with Crippen LogP contribution in [0.4, 0.5) is 0 Å². The Labute approximate surface area is 170 Å². The van der Waals surface area contributed by atoms with E-state index in [4.69, 9.17) is 0 Å². The minimum absolute atomic E-state index is 0.0677. The highest BCUT2D eigenvalue weighted by Gasteiger charge is 2.40. The Morgan fingerprint density at radius 1 is 1.07 bits per heavy atom. The maximum Gasteiger partial charge on any atom is 0.255 e. The van der Waals surface area contributed by atoms with Crippen LogP contribution in [0.25, 0.3) is 0 Å². The molecular formula is C22H28N4O3. The van der Waals surface area contributed by atoms with Crippen LogP contribution in [-0.4, -0.2) is 59.7 Å². The molecule has 0 saturated carbocycles. The number of nitrogens with one attached hydrogen (secondary N) is 2. The van der Waals surface area contributed by atoms with Gasteiger partial charge in [-0.05, 0) is 61.9 Å². The van der Waals surface area contributed by atoms with E-state index in [9.17, 15) is 14.4 Å². The number of fused-ring (bicyclic) bond motifs is 2. The van der Waals surface area contributed by atoms with Gasteiger partial charge in [-0.15, -0.1) is 0 Å². The monoisotopic (exact) mass is 396 g/mol. The van der Waals surface area contributed by atoms with Gasteiger partial charge in [-0.3, -0.25) is 24.6 Å². The topological polar surface area (TPSA) is 81.8 Å². The van der Waals surface area contributed by atoms with E-state index in [1.54, 1.807) is 4.90 Å². The van der Waals surface area contributed by atoms with Crippen LogP contribution in [-0.2, 0) is 22.7 Å². The minimum Gasteiger partial charge on any atom is -0.322 e. The van der Waals surface area contributed by atoms with E-state index in [-0.39, 0.29) is 24.1 Å². The molecule has 0 bridgehead atoms. The van der Waals surface area contributed by atoms with E-state index >= 15 is 0 Å². The third-order valence-corrected chi connectivity index (χ3v) is 7.11. The Bertz CT molecular complexity index is 854. The van der Waals surface area contributed by atoms with Gasteiger partial charge < -0.3 is 10.2 Å². The lowest BCUT2D eigenvalue weighted by molar-refractivity contribution is -0.136. The van der Waals surface area contributed by atoms with Crippen LogP contribution in [0.2, 0.25) is 0 Å². The Morgan fingerprint density at radius 2 is 1.97 bits per heavy atom. The van der Waals surface area contributed by atoms with Gasteiger partial charge in [0.2, 0.25) is 11.8 Å². The molecule has 5 rings (SSSR count). The van der Waals surface area contributed by atoms with Gasteiger partial charge in [0, 0.05) is 31.6 Å². The average molecular weight is 396 g/mol. The number of carbonyl (C=O) groups excluding carboxylic acids is 3. The van der Waals surface area contributed by atoms with Crippen molar-refractivity contribution in [2.45, 2.75) is 44.8 Å². The fourth-order valence-electron chi connectivity index (χ4n) is 5.53. The van der Waals surface area contributed by atoms with Crippen LogP contribution < -0.4 is 10.6 Å². The first-order chi connectivity index (χ1) is 14.1. The lowest BCUT2D eigenvalue weighted by atomic mass is 9.81. The molecule has 4 aliphatic heterocycles. The summed E-state index contributed by atoms with van der Waals surface area (Å²) in [6.07, 6.45) is 3.14. The summed E-state index contributed by atoms with van der Waals surface area (Å²) in [5.41, 5.74) is 2.83. The number of hydrogen-bond donors (Lipinski definition) is 2. The van der Waals surface area contributed by atoms with Crippen molar-refractivity contribution in [3.63, 3.8) is 0 Å². The Hall–Kier alpha value is -2.25. The average Bonchev–Trinajstić information content (AvgIpc) is 3.05. The molecule has 0 aromatic heterocycles. The molecule has 2 N–H and O–H groups in total. The summed E-state index contributed by atoms with van der Waals surface area (Å²) in [7, 11) is 0. The van der Waals surface area contributed by atoms with Crippen LogP contribution >= 0.6 is 0 Å². The maximum atomic E-state index is 13.2. The summed E-state index contributed by atoms with van der Waals surface area (Å²) >= 11 is 0. The van der Waals surface area contributed by atoms with E-state index in [0.29, 0.717) is 13.0 Å². The number of nitrogens with zero attached hydrogens (tertiary/aromatic N) is 2. The fraction of sp³-hybridized carbons (Fsp3) is 0.591. The molecule has 0 radical (unpaired) electrons. The Balaban J connectivity index is 1.32. The molecule has 3 amide bonds. The minimum atomic E-state index is -0.550. The van der Waals surface area contributed by atoms with Crippen molar-refractivity contribution in [1.82, 2.24) is 20.4 Å². The first kappa shape index (κ1) is 18.8. The first-order valence-corrected chi connectivity index (χ1v) is 10.8. The molecule has 1 aromatic rings. The van der Waals surface area contributed by atoms with E-state index in [1.165, 1.54) is 12.8 Å². The first-order valence-electron chi connectivity index (χ1n) is 10.8. The fourth-order valence-corrected chi connectivity index (χ4v) is 5.53. The molecule has 4 heterocycles. The third kappa shape index (κ3) is 3.46. The molecule has 3 saturated heterocycles. The number of amides is 3. The van der Waals surface area contributed by atoms with Crippen molar-refractivity contribution in [2.24, 2.45) is 11.8 Å². The smallest absolute Gasteiger partial charge is 0.255 e. The third-order valence-electron chi connectivity index (χ3n) is 7.11. The largest absolute Gasteiger partial charge is 0.322 e. The van der Waals surface area contributed by atoms with Gasteiger partial charge in [0.1, 0.15) is 6.04 Å². The summed E-state index contributed by atoms with van der Waals surface area (Å²) in [4.78, 5) is 41.1. The lowest BCUT2D eigenvalue weighted by Gasteiger charge is -2.41. The predicted molar refractivity (Wildman–Crippen MR) is 107 cm³/mol. The Kier molecular flexibility index (Phi) is 4.87. The van der Waals surface area contributed by atoms with Crippen LogP contribution in [0.5, 0.6) is 0 Å². The number of likely N-dealkylation sites (tertiary alicyclic amines) is 1. The van der Waals surface area contributed by atoms with Crippen molar-refractivity contribution < 1.29 is 14.4 Å². The highest BCUT2D eigenvalue weighted by Crippen LogP contribution is 2.33. The molecule has 0 aliphatic carbocycles. The maximum absolute atomic E-state index is 13.2. The number of benzene rings is 1. The predicted octanol–water partition coefficient (Wildman–Crippen LogP) is 0.879. The van der Waals surface area contributed by atoms with Gasteiger partial charge in [-0.1, -0.05) is 18.2 Å². The number of imide groups is 1. The van der Waals surface area contributed by atoms with Gasteiger partial charge in [0.15, 0.2) is 0 Å². The van der Waals surface area contributed by atoms with Crippen molar-refractivity contribution in [2.75, 3.05) is 26.2 Å². The number of rotatable bonds is 3. The zero-order chi connectivity index (χ0) is 20.0. The molecule has 4 aliphatic rings. The van der Waals surface area contributed by atoms with Crippen LogP contribution in [0.1, 0.15) is 47.2 Å². The standard InChI is InChI=1S/C22H28N4O3/c27-19-5-4-18(21(28)24-19)26-13-17-3-1-2-16(20(17)22(26)29)12-25-9-7-14-10-23-8-6-15(14)11-25/h1-3,14-15,18,23H,4-13H2,(H,24,27,28). The number of piperidine rings is 3. The summed E-state index contributed by atoms with van der Waals surface area (Å²) in [5.74, 6) is 0.861. The molecule has 3 fully saturated rings. The highest BCUT2D eigenvalue weighted by molar-refractivity contribution is 6.05. The number of hydrogen-bond acceptors (Lipinski definition) is 5. The van der Waals surface area contributed by atoms with E-state index in [0.717, 1.165) is 61.2 Å². The molecule has 154 valence electrons. The quantitative estimate of drug-likeness (QED) is 0.742. The van der Waals surface area contributed by atoms with E-state index < -0.39 is 6.04 Å². The summed E-state index contributed by atoms with van der Waals surface area (Å²) < 4.78 is 0. The highest BCUT2D eigenvalue weighted by atomic mass is 16.2. The molecule has 0 spiro atoms. The van der Waals surface area contributed by atoms with Gasteiger partial charge in [-0.2, -0.15) is 0 Å². The zero-order valence-corrected chi connectivity index (χ0v) is 16.7. The van der Waals surface area contributed by atoms with Crippen LogP contribution in [0.15, 0.2) is 18.2 Å². The van der Waals surface area contributed by atoms with Crippen LogP contribution in [0, 0.1) is 11.8 Å². The van der Waals surface area contributed by atoms with Crippen molar-refractivity contribution >= 4 is 17.7 Å². The number of carbonyl (C=O) groups is 3. The summed E-state index contributed by atoms with van der Waals surface area (Å²) in [6.45, 7) is 5.64. The van der Waals surface area contributed by atoms with Crippen molar-refractivity contribution in [3.05, 3.63) is 34.9 Å². The van der Waals surface area contributed by atoms with Crippen molar-refractivity contribution in [3.8, 4) is 0 Å². The molecule has 3 atom stereocenters. The van der Waals surface area contributed by atoms with Gasteiger partial charge in [0.05, 0.1) is 0 Å². The second-order valence-corrected chi connectivity index (χ2v) is 8.89. The molecule has 7 nitrogen and oxygen atoms in total. The second kappa shape index (κ2) is 7.54. The summed E-state index contributed by atoms with van der Waals surface area (Å²) in [6, 6.07) is 5.51. The molecule has 1 aromatic carbocycles. The van der Waals surface area contributed by atoms with Gasteiger partial charge in [-0.25, -0.2) is 0 Å². The van der Waals surface area contributed by atoms with Gasteiger partial charge >= 0.3 is 0 Å². The second-order valence-electron chi connectivity index (χ2n) is 8.89. The molecule has 7 heteroatoms. The SMILES string of the molecule is O=C1CCC(N2Cc3cccc(CN4CCC5CNCCC5C4)c3C2=O)C(=O)N1. The van der Waals surface area contributed by atoms with Crippen LogP contribution in [0.3, 0.4) is 0 Å². The van der Waals surface area contributed by atoms with E-state index in [2.05, 4.69) is 21.6 Å². The molecule has 29 heavy (non-hydrogen) atoms.